The highest BCUT2D eigenvalue weighted by Crippen LogP contribution is 2.18. The number of likely N-dealkylation sites (tertiary alicyclic amines) is 1. The van der Waals surface area contributed by atoms with E-state index >= 15 is 0 Å². The lowest BCUT2D eigenvalue weighted by molar-refractivity contribution is -0.139. The highest BCUT2D eigenvalue weighted by molar-refractivity contribution is 5.86. The van der Waals surface area contributed by atoms with Crippen LogP contribution in [0.25, 0.3) is 0 Å². The van der Waals surface area contributed by atoms with Gasteiger partial charge in [-0.3, -0.25) is 14.4 Å². The van der Waals surface area contributed by atoms with Crippen molar-refractivity contribution >= 4 is 23.9 Å². The number of carboxylic acids is 1. The van der Waals surface area contributed by atoms with Crippen LogP contribution in [0.4, 0.5) is 4.79 Å². The smallest absolute Gasteiger partial charge is 0.408 e. The van der Waals surface area contributed by atoms with Gasteiger partial charge in [0.1, 0.15) is 18.2 Å². The Hall–Kier alpha value is -2.32. The van der Waals surface area contributed by atoms with E-state index in [0.29, 0.717) is 25.9 Å². The number of carboxylic acid groups (broad SMARTS) is 1. The fourth-order valence-corrected chi connectivity index (χ4v) is 2.49. The third kappa shape index (κ3) is 7.40. The number of aliphatic carboxylic acids is 1. The van der Waals surface area contributed by atoms with Gasteiger partial charge in [-0.25, -0.2) is 4.79 Å². The number of carbonyl (C=O) groups is 4. The molecule has 0 aromatic carbocycles. The highest BCUT2D eigenvalue weighted by Gasteiger charge is 2.30. The van der Waals surface area contributed by atoms with E-state index in [1.165, 1.54) is 0 Å². The minimum Gasteiger partial charge on any atom is -0.480 e. The van der Waals surface area contributed by atoms with Crippen LogP contribution in [0.2, 0.25) is 0 Å². The van der Waals surface area contributed by atoms with Crippen LogP contribution in [0, 0.1) is 5.92 Å². The standard InChI is InChI=1S/C16H27N3O6/c1-10(18-15(24)25-16(2,3)4)14(23)19-7-5-11(6-8-19)13(22)17-9-12(20)21/h10-11H,5-9H2,1-4H3,(H,17,22)(H,18,24)(H,20,21)/t10-/m0/s1. The molecular weight excluding hydrogens is 330 g/mol. The number of carbonyl (C=O) groups excluding carboxylic acids is 3. The van der Waals surface area contributed by atoms with Crippen molar-refractivity contribution in [3.8, 4) is 0 Å². The van der Waals surface area contributed by atoms with Crippen molar-refractivity contribution in [1.82, 2.24) is 15.5 Å². The summed E-state index contributed by atoms with van der Waals surface area (Å²) < 4.78 is 5.12. The molecule has 3 N–H and O–H groups in total. The molecule has 0 aromatic rings. The largest absolute Gasteiger partial charge is 0.480 e. The van der Waals surface area contributed by atoms with Crippen molar-refractivity contribution in [2.45, 2.75) is 52.2 Å². The number of alkyl carbamates (subject to hydrolysis) is 1. The summed E-state index contributed by atoms with van der Waals surface area (Å²) in [6.07, 6.45) is 0.253. The van der Waals surface area contributed by atoms with Gasteiger partial charge in [-0.15, -0.1) is 0 Å². The van der Waals surface area contributed by atoms with Crippen LogP contribution in [0.5, 0.6) is 0 Å². The van der Waals surface area contributed by atoms with Gasteiger partial charge in [0, 0.05) is 19.0 Å². The maximum absolute atomic E-state index is 12.4. The lowest BCUT2D eigenvalue weighted by Crippen LogP contribution is -2.51. The molecule has 0 saturated carbocycles. The number of amides is 3. The summed E-state index contributed by atoms with van der Waals surface area (Å²) >= 11 is 0. The molecule has 0 aliphatic carbocycles. The number of hydrogen-bond acceptors (Lipinski definition) is 5. The summed E-state index contributed by atoms with van der Waals surface area (Å²) in [5, 5.41) is 13.4. The van der Waals surface area contributed by atoms with Gasteiger partial charge in [-0.2, -0.15) is 0 Å². The Bertz CT molecular complexity index is 520. The summed E-state index contributed by atoms with van der Waals surface area (Å²) in [5.74, 6) is -1.95. The number of nitrogens with zero attached hydrogens (tertiary/aromatic N) is 1. The zero-order valence-electron chi connectivity index (χ0n) is 15.1. The molecule has 0 aromatic heterocycles. The maximum Gasteiger partial charge on any atom is 0.408 e. The van der Waals surface area contributed by atoms with Gasteiger partial charge >= 0.3 is 12.1 Å². The zero-order chi connectivity index (χ0) is 19.2. The van der Waals surface area contributed by atoms with Crippen molar-refractivity contribution in [2.75, 3.05) is 19.6 Å². The van der Waals surface area contributed by atoms with Crippen LogP contribution in [0.15, 0.2) is 0 Å². The quantitative estimate of drug-likeness (QED) is 0.651. The average molecular weight is 357 g/mol. The van der Waals surface area contributed by atoms with Crippen LogP contribution < -0.4 is 10.6 Å². The van der Waals surface area contributed by atoms with E-state index in [-0.39, 0.29) is 17.7 Å². The van der Waals surface area contributed by atoms with E-state index in [1.54, 1.807) is 32.6 Å². The number of nitrogens with one attached hydrogen (secondary N) is 2. The van der Waals surface area contributed by atoms with Crippen molar-refractivity contribution in [3.63, 3.8) is 0 Å². The molecule has 1 rings (SSSR count). The van der Waals surface area contributed by atoms with Crippen LogP contribution >= 0.6 is 0 Å². The minimum atomic E-state index is -1.09. The molecule has 1 heterocycles. The first-order valence-electron chi connectivity index (χ1n) is 8.27. The summed E-state index contributed by atoms with van der Waals surface area (Å²) in [6, 6.07) is -0.729. The first kappa shape index (κ1) is 20.7. The molecule has 0 radical (unpaired) electrons. The SMILES string of the molecule is C[C@H](NC(=O)OC(C)(C)C)C(=O)N1CCC(C(=O)NCC(=O)O)CC1. The second kappa shape index (κ2) is 8.68. The van der Waals surface area contributed by atoms with Crippen LogP contribution in [-0.4, -0.2) is 65.2 Å². The van der Waals surface area contributed by atoms with E-state index in [0.717, 1.165) is 0 Å². The molecule has 9 heteroatoms. The van der Waals surface area contributed by atoms with Gasteiger partial charge in [0.25, 0.3) is 0 Å². The Morgan fingerprint density at radius 3 is 2.24 bits per heavy atom. The zero-order valence-corrected chi connectivity index (χ0v) is 15.1. The number of ether oxygens (including phenoxy) is 1. The van der Waals surface area contributed by atoms with Gasteiger partial charge in [0.05, 0.1) is 0 Å². The Morgan fingerprint density at radius 1 is 1.20 bits per heavy atom. The molecule has 25 heavy (non-hydrogen) atoms. The average Bonchev–Trinajstić information content (AvgIpc) is 2.50. The topological polar surface area (TPSA) is 125 Å². The van der Waals surface area contributed by atoms with Crippen LogP contribution in [-0.2, 0) is 19.1 Å². The first-order chi connectivity index (χ1) is 11.5. The fraction of sp³-hybridized carbons (Fsp3) is 0.750. The Morgan fingerprint density at radius 2 is 1.76 bits per heavy atom. The van der Waals surface area contributed by atoms with Crippen molar-refractivity contribution in [3.05, 3.63) is 0 Å². The van der Waals surface area contributed by atoms with E-state index in [9.17, 15) is 19.2 Å². The Balaban J connectivity index is 2.43. The lowest BCUT2D eigenvalue weighted by Gasteiger charge is -2.33. The summed E-state index contributed by atoms with van der Waals surface area (Å²) in [7, 11) is 0. The highest BCUT2D eigenvalue weighted by atomic mass is 16.6. The summed E-state index contributed by atoms with van der Waals surface area (Å²) in [6.45, 7) is 7.14. The molecule has 0 bridgehead atoms. The molecule has 1 fully saturated rings. The van der Waals surface area contributed by atoms with Crippen molar-refractivity contribution in [1.29, 1.82) is 0 Å². The third-order valence-corrected chi connectivity index (χ3v) is 3.69. The van der Waals surface area contributed by atoms with Crippen molar-refractivity contribution in [2.24, 2.45) is 5.92 Å². The number of hydrogen-bond donors (Lipinski definition) is 3. The minimum absolute atomic E-state index is 0.241. The Kier molecular flexibility index (Phi) is 7.20. The molecular formula is C16H27N3O6. The van der Waals surface area contributed by atoms with Gasteiger partial charge in [0.2, 0.25) is 11.8 Å². The second-order valence-electron chi connectivity index (χ2n) is 7.08. The second-order valence-corrected chi connectivity index (χ2v) is 7.08. The summed E-state index contributed by atoms with van der Waals surface area (Å²) in [4.78, 5) is 48.0. The molecule has 1 aliphatic heterocycles. The normalized spacial score (nSPS) is 16.7. The van der Waals surface area contributed by atoms with Gasteiger partial charge in [-0.05, 0) is 40.5 Å². The fourth-order valence-electron chi connectivity index (χ4n) is 2.49. The summed E-state index contributed by atoms with van der Waals surface area (Å²) in [5.41, 5.74) is -0.644. The first-order valence-corrected chi connectivity index (χ1v) is 8.27. The van der Waals surface area contributed by atoms with Crippen molar-refractivity contribution < 1.29 is 29.0 Å². The van der Waals surface area contributed by atoms with Crippen LogP contribution in [0.3, 0.4) is 0 Å². The van der Waals surface area contributed by atoms with Gasteiger partial charge in [-0.1, -0.05) is 0 Å². The predicted molar refractivity (Wildman–Crippen MR) is 88.8 cm³/mol. The van der Waals surface area contributed by atoms with Gasteiger partial charge in [0.15, 0.2) is 0 Å². The maximum atomic E-state index is 12.4. The van der Waals surface area contributed by atoms with Gasteiger partial charge < -0.3 is 25.4 Å². The molecule has 0 unspecified atom stereocenters. The van der Waals surface area contributed by atoms with Crippen LogP contribution in [0.1, 0.15) is 40.5 Å². The van der Waals surface area contributed by atoms with E-state index in [1.807, 2.05) is 0 Å². The third-order valence-electron chi connectivity index (χ3n) is 3.69. The molecule has 1 atom stereocenters. The molecule has 3 amide bonds. The number of piperidine rings is 1. The molecule has 142 valence electrons. The molecule has 1 aliphatic rings. The monoisotopic (exact) mass is 357 g/mol. The molecule has 0 spiro atoms. The Labute approximate surface area is 147 Å². The predicted octanol–water partition coefficient (Wildman–Crippen LogP) is 0.339. The van der Waals surface area contributed by atoms with E-state index < -0.39 is 30.3 Å². The van der Waals surface area contributed by atoms with E-state index in [2.05, 4.69) is 10.6 Å². The molecule has 9 nitrogen and oxygen atoms in total. The molecule has 1 saturated heterocycles. The van der Waals surface area contributed by atoms with E-state index in [4.69, 9.17) is 9.84 Å². The number of rotatable bonds is 5. The lowest BCUT2D eigenvalue weighted by atomic mass is 9.95.